The predicted molar refractivity (Wildman–Crippen MR) is 106 cm³/mol. The Balaban J connectivity index is 1.90. The number of aromatic nitrogens is 1. The van der Waals surface area contributed by atoms with Crippen molar-refractivity contribution in [2.45, 2.75) is 18.9 Å². The number of para-hydroxylation sites is 1. The molecular weight excluding hydrogens is 356 g/mol. The number of nitrogens with zero attached hydrogens (tertiary/aromatic N) is 2. The van der Waals surface area contributed by atoms with Crippen molar-refractivity contribution in [1.82, 2.24) is 15.8 Å². The number of carbonyl (C=O) groups is 2. The summed E-state index contributed by atoms with van der Waals surface area (Å²) in [4.78, 5) is 31.0. The van der Waals surface area contributed by atoms with Gasteiger partial charge in [0.1, 0.15) is 5.54 Å². The maximum atomic E-state index is 12.8. The molecule has 4 rings (SSSR count). The highest BCUT2D eigenvalue weighted by molar-refractivity contribution is 6.00. The molecule has 28 heavy (non-hydrogen) atoms. The second-order valence-corrected chi connectivity index (χ2v) is 6.96. The molecule has 0 radical (unpaired) electrons. The third kappa shape index (κ3) is 2.86. The summed E-state index contributed by atoms with van der Waals surface area (Å²) < 4.78 is 0. The van der Waals surface area contributed by atoms with E-state index in [-0.39, 0.29) is 5.91 Å². The summed E-state index contributed by atoms with van der Waals surface area (Å²) in [6.07, 6.45) is 2.36. The number of fused-ring (bicyclic) bond motifs is 1. The molecule has 3 N–H and O–H groups in total. The molecule has 1 unspecified atom stereocenters. The third-order valence-electron chi connectivity index (χ3n) is 5.22. The molecule has 0 aliphatic carbocycles. The highest BCUT2D eigenvalue weighted by Gasteiger charge is 2.44. The van der Waals surface area contributed by atoms with Gasteiger partial charge in [-0.2, -0.15) is 0 Å². The van der Waals surface area contributed by atoms with Gasteiger partial charge in [-0.15, -0.1) is 0 Å². The number of amides is 2. The van der Waals surface area contributed by atoms with Gasteiger partial charge in [0.2, 0.25) is 5.91 Å². The van der Waals surface area contributed by atoms with Crippen LogP contribution in [-0.2, 0) is 4.79 Å². The zero-order valence-corrected chi connectivity index (χ0v) is 15.3. The highest BCUT2D eigenvalue weighted by atomic mass is 16.5. The molecule has 2 aromatic carbocycles. The van der Waals surface area contributed by atoms with E-state index in [1.165, 1.54) is 0 Å². The monoisotopic (exact) mass is 376 g/mol. The average Bonchev–Trinajstić information content (AvgIpc) is 3.07. The van der Waals surface area contributed by atoms with Crippen LogP contribution in [0.15, 0.2) is 60.8 Å². The topological polar surface area (TPSA) is 94.6 Å². The number of hydrogen-bond donors (Lipinski definition) is 3. The van der Waals surface area contributed by atoms with Gasteiger partial charge in [-0.3, -0.25) is 19.8 Å². The molecule has 1 aliphatic heterocycles. The summed E-state index contributed by atoms with van der Waals surface area (Å²) in [5, 5.41) is 12.7. The van der Waals surface area contributed by atoms with Gasteiger partial charge in [0.25, 0.3) is 5.91 Å². The van der Waals surface area contributed by atoms with Crippen LogP contribution in [0.2, 0.25) is 0 Å². The molecule has 2 heterocycles. The van der Waals surface area contributed by atoms with Crippen molar-refractivity contribution in [3.63, 3.8) is 0 Å². The van der Waals surface area contributed by atoms with Crippen molar-refractivity contribution in [3.8, 4) is 0 Å². The quantitative estimate of drug-likeness (QED) is 0.481. The molecule has 7 heteroatoms. The van der Waals surface area contributed by atoms with Gasteiger partial charge in [-0.25, -0.2) is 5.48 Å². The van der Waals surface area contributed by atoms with Gasteiger partial charge in [0, 0.05) is 29.4 Å². The molecule has 1 aromatic heterocycles. The van der Waals surface area contributed by atoms with Crippen LogP contribution < -0.4 is 15.7 Å². The number of pyridine rings is 1. The smallest absolute Gasteiger partial charge is 0.274 e. The SMILES string of the molecule is CC1(N(c2ccc(C(=O)NO)cc2)c2cccc3cccnc23)CCNC1=O. The maximum Gasteiger partial charge on any atom is 0.274 e. The first kappa shape index (κ1) is 17.9. The third-order valence-corrected chi connectivity index (χ3v) is 5.22. The fourth-order valence-electron chi connectivity index (χ4n) is 3.72. The Morgan fingerprint density at radius 3 is 2.61 bits per heavy atom. The molecule has 1 atom stereocenters. The molecule has 2 amide bonds. The van der Waals surface area contributed by atoms with E-state index in [9.17, 15) is 9.59 Å². The number of hydroxylamine groups is 1. The Morgan fingerprint density at radius 1 is 1.18 bits per heavy atom. The fraction of sp³-hybridized carbons (Fsp3) is 0.190. The van der Waals surface area contributed by atoms with E-state index in [2.05, 4.69) is 10.3 Å². The van der Waals surface area contributed by atoms with Crippen molar-refractivity contribution in [2.75, 3.05) is 11.4 Å². The van der Waals surface area contributed by atoms with Crippen LogP contribution in [0.5, 0.6) is 0 Å². The molecule has 0 spiro atoms. The Bertz CT molecular complexity index is 1050. The van der Waals surface area contributed by atoms with Crippen LogP contribution in [0, 0.1) is 0 Å². The van der Waals surface area contributed by atoms with E-state index in [1.54, 1.807) is 35.9 Å². The molecule has 1 saturated heterocycles. The van der Waals surface area contributed by atoms with Gasteiger partial charge in [0.15, 0.2) is 0 Å². The summed E-state index contributed by atoms with van der Waals surface area (Å²) in [6, 6.07) is 16.5. The van der Waals surface area contributed by atoms with E-state index in [0.717, 1.165) is 22.3 Å². The number of rotatable bonds is 4. The van der Waals surface area contributed by atoms with E-state index in [4.69, 9.17) is 5.21 Å². The standard InChI is InChI=1S/C21H20N4O3/c1-21(11-13-23-20(21)27)25(16-9-7-15(8-10-16)19(26)24-28)17-6-2-4-14-5-3-12-22-18(14)17/h2-10,12,28H,11,13H2,1H3,(H,23,27)(H,24,26). The zero-order chi connectivity index (χ0) is 19.7. The lowest BCUT2D eigenvalue weighted by molar-refractivity contribution is -0.122. The van der Waals surface area contributed by atoms with Crippen molar-refractivity contribution < 1.29 is 14.8 Å². The normalized spacial score (nSPS) is 18.7. The lowest BCUT2D eigenvalue weighted by atomic mass is 9.95. The summed E-state index contributed by atoms with van der Waals surface area (Å²) >= 11 is 0. The van der Waals surface area contributed by atoms with Crippen molar-refractivity contribution >= 4 is 34.1 Å². The Hall–Kier alpha value is -3.45. The lowest BCUT2D eigenvalue weighted by Gasteiger charge is -2.38. The van der Waals surface area contributed by atoms with Crippen LogP contribution >= 0.6 is 0 Å². The van der Waals surface area contributed by atoms with E-state index >= 15 is 0 Å². The van der Waals surface area contributed by atoms with Gasteiger partial charge >= 0.3 is 0 Å². The molecule has 3 aromatic rings. The van der Waals surface area contributed by atoms with Crippen LogP contribution in [-0.4, -0.2) is 34.1 Å². The molecule has 7 nitrogen and oxygen atoms in total. The maximum absolute atomic E-state index is 12.8. The molecule has 1 aliphatic rings. The summed E-state index contributed by atoms with van der Waals surface area (Å²) in [5.41, 5.74) is 3.52. The second kappa shape index (κ2) is 6.94. The van der Waals surface area contributed by atoms with Gasteiger partial charge in [-0.05, 0) is 49.7 Å². The van der Waals surface area contributed by atoms with Crippen molar-refractivity contribution in [1.29, 1.82) is 0 Å². The number of nitrogens with one attached hydrogen (secondary N) is 2. The number of benzene rings is 2. The first-order valence-corrected chi connectivity index (χ1v) is 9.01. The predicted octanol–water partition coefficient (Wildman–Crippen LogP) is 2.77. The van der Waals surface area contributed by atoms with Gasteiger partial charge in [-0.1, -0.05) is 18.2 Å². The molecule has 142 valence electrons. The Kier molecular flexibility index (Phi) is 4.44. The van der Waals surface area contributed by atoms with Crippen molar-refractivity contribution in [3.05, 3.63) is 66.4 Å². The minimum atomic E-state index is -0.799. The largest absolute Gasteiger partial charge is 0.354 e. The van der Waals surface area contributed by atoms with Crippen molar-refractivity contribution in [2.24, 2.45) is 0 Å². The minimum Gasteiger partial charge on any atom is -0.354 e. The first-order valence-electron chi connectivity index (χ1n) is 9.01. The van der Waals surface area contributed by atoms with E-state index in [0.29, 0.717) is 18.5 Å². The fourth-order valence-corrected chi connectivity index (χ4v) is 3.72. The summed E-state index contributed by atoms with van der Waals surface area (Å²) in [7, 11) is 0. The van der Waals surface area contributed by atoms with Crippen LogP contribution in [0.25, 0.3) is 10.9 Å². The minimum absolute atomic E-state index is 0.0578. The molecule has 1 fully saturated rings. The molecule has 0 bridgehead atoms. The average molecular weight is 376 g/mol. The molecular formula is C21H20N4O3. The highest BCUT2D eigenvalue weighted by Crippen LogP contribution is 2.40. The van der Waals surface area contributed by atoms with E-state index < -0.39 is 11.4 Å². The van der Waals surface area contributed by atoms with E-state index in [1.807, 2.05) is 42.2 Å². The summed E-state index contributed by atoms with van der Waals surface area (Å²) in [6.45, 7) is 2.50. The van der Waals surface area contributed by atoms with Crippen LogP contribution in [0.1, 0.15) is 23.7 Å². The Labute approximate surface area is 162 Å². The number of anilines is 2. The van der Waals surface area contributed by atoms with Gasteiger partial charge < -0.3 is 10.2 Å². The first-order chi connectivity index (χ1) is 13.5. The van der Waals surface area contributed by atoms with Crippen LogP contribution in [0.3, 0.4) is 0 Å². The lowest BCUT2D eigenvalue weighted by Crippen LogP contribution is -2.49. The number of carbonyl (C=O) groups excluding carboxylic acids is 2. The summed E-state index contributed by atoms with van der Waals surface area (Å²) in [5.74, 6) is -0.646. The Morgan fingerprint density at radius 2 is 1.93 bits per heavy atom. The van der Waals surface area contributed by atoms with Crippen LogP contribution in [0.4, 0.5) is 11.4 Å². The van der Waals surface area contributed by atoms with Gasteiger partial charge in [0.05, 0.1) is 11.2 Å². The zero-order valence-electron chi connectivity index (χ0n) is 15.3. The second-order valence-electron chi connectivity index (χ2n) is 6.96. The number of hydrogen-bond acceptors (Lipinski definition) is 5. The molecule has 0 saturated carbocycles.